The van der Waals surface area contributed by atoms with Crippen molar-refractivity contribution in [2.45, 2.75) is 19.4 Å². The lowest BCUT2D eigenvalue weighted by Crippen LogP contribution is -2.27. The SMILES string of the molecule is CCC(N)CNc1ccc2c(c1)OCO2. The molecule has 1 aliphatic rings. The van der Waals surface area contributed by atoms with Gasteiger partial charge in [0.25, 0.3) is 0 Å². The first-order valence-electron chi connectivity index (χ1n) is 5.18. The number of anilines is 1. The monoisotopic (exact) mass is 208 g/mol. The van der Waals surface area contributed by atoms with E-state index in [2.05, 4.69) is 12.2 Å². The van der Waals surface area contributed by atoms with Crippen LogP contribution in [-0.2, 0) is 0 Å². The summed E-state index contributed by atoms with van der Waals surface area (Å²) in [5.74, 6) is 1.60. The Labute approximate surface area is 89.4 Å². The first-order chi connectivity index (χ1) is 7.29. The molecule has 1 atom stereocenters. The minimum Gasteiger partial charge on any atom is -0.454 e. The highest BCUT2D eigenvalue weighted by Crippen LogP contribution is 2.34. The van der Waals surface area contributed by atoms with Crippen molar-refractivity contribution in [1.29, 1.82) is 0 Å². The van der Waals surface area contributed by atoms with Crippen molar-refractivity contribution in [1.82, 2.24) is 0 Å². The van der Waals surface area contributed by atoms with E-state index in [1.54, 1.807) is 0 Å². The van der Waals surface area contributed by atoms with E-state index in [0.29, 0.717) is 6.79 Å². The van der Waals surface area contributed by atoms with Crippen LogP contribution in [0.15, 0.2) is 18.2 Å². The van der Waals surface area contributed by atoms with E-state index in [9.17, 15) is 0 Å². The van der Waals surface area contributed by atoms with E-state index in [1.807, 2.05) is 18.2 Å². The van der Waals surface area contributed by atoms with Crippen molar-refractivity contribution >= 4 is 5.69 Å². The van der Waals surface area contributed by atoms with Gasteiger partial charge in [0, 0.05) is 24.3 Å². The molecule has 0 saturated heterocycles. The lowest BCUT2D eigenvalue weighted by molar-refractivity contribution is 0.174. The normalized spacial score (nSPS) is 15.1. The second kappa shape index (κ2) is 4.40. The number of rotatable bonds is 4. The molecule has 82 valence electrons. The molecule has 0 spiro atoms. The van der Waals surface area contributed by atoms with Gasteiger partial charge in [-0.2, -0.15) is 0 Å². The van der Waals surface area contributed by atoms with Crippen LogP contribution in [0.3, 0.4) is 0 Å². The Morgan fingerprint density at radius 1 is 1.40 bits per heavy atom. The molecule has 1 unspecified atom stereocenters. The van der Waals surface area contributed by atoms with Crippen molar-refractivity contribution in [3.05, 3.63) is 18.2 Å². The highest BCUT2D eigenvalue weighted by atomic mass is 16.7. The summed E-state index contributed by atoms with van der Waals surface area (Å²) in [6.45, 7) is 3.16. The molecule has 15 heavy (non-hydrogen) atoms. The van der Waals surface area contributed by atoms with E-state index < -0.39 is 0 Å². The summed E-state index contributed by atoms with van der Waals surface area (Å²) in [6.07, 6.45) is 0.970. The second-order valence-corrected chi connectivity index (χ2v) is 3.62. The van der Waals surface area contributed by atoms with Crippen LogP contribution in [0.4, 0.5) is 5.69 Å². The molecule has 3 N–H and O–H groups in total. The third-order valence-electron chi connectivity index (χ3n) is 2.47. The van der Waals surface area contributed by atoms with E-state index in [4.69, 9.17) is 15.2 Å². The van der Waals surface area contributed by atoms with Crippen LogP contribution in [0.2, 0.25) is 0 Å². The maximum absolute atomic E-state index is 5.82. The Hall–Kier alpha value is -1.42. The number of nitrogens with one attached hydrogen (secondary N) is 1. The van der Waals surface area contributed by atoms with E-state index in [1.165, 1.54) is 0 Å². The van der Waals surface area contributed by atoms with Crippen LogP contribution >= 0.6 is 0 Å². The van der Waals surface area contributed by atoms with Gasteiger partial charge in [0.05, 0.1) is 0 Å². The highest BCUT2D eigenvalue weighted by Gasteiger charge is 2.13. The summed E-state index contributed by atoms with van der Waals surface area (Å²) in [7, 11) is 0. The zero-order valence-electron chi connectivity index (χ0n) is 8.82. The van der Waals surface area contributed by atoms with Crippen molar-refractivity contribution in [3.63, 3.8) is 0 Å². The van der Waals surface area contributed by atoms with Gasteiger partial charge in [-0.05, 0) is 18.6 Å². The molecule has 0 aliphatic carbocycles. The molecular formula is C11H16N2O2. The summed E-state index contributed by atoms with van der Waals surface area (Å²) >= 11 is 0. The molecule has 1 aromatic rings. The van der Waals surface area contributed by atoms with Gasteiger partial charge in [-0.25, -0.2) is 0 Å². The van der Waals surface area contributed by atoms with Crippen molar-refractivity contribution in [2.75, 3.05) is 18.7 Å². The van der Waals surface area contributed by atoms with Crippen molar-refractivity contribution in [3.8, 4) is 11.5 Å². The zero-order valence-corrected chi connectivity index (χ0v) is 8.82. The first kappa shape index (κ1) is 10.1. The summed E-state index contributed by atoms with van der Waals surface area (Å²) in [5, 5.41) is 3.26. The maximum Gasteiger partial charge on any atom is 0.231 e. The fourth-order valence-corrected chi connectivity index (χ4v) is 1.40. The van der Waals surface area contributed by atoms with Crippen molar-refractivity contribution < 1.29 is 9.47 Å². The average Bonchev–Trinajstić information content (AvgIpc) is 2.72. The maximum atomic E-state index is 5.82. The van der Waals surface area contributed by atoms with E-state index in [0.717, 1.165) is 30.2 Å². The molecule has 4 nitrogen and oxygen atoms in total. The number of ether oxygens (including phenoxy) is 2. The summed E-state index contributed by atoms with van der Waals surface area (Å²) in [5.41, 5.74) is 6.83. The minimum atomic E-state index is 0.190. The molecule has 0 amide bonds. The van der Waals surface area contributed by atoms with Gasteiger partial charge in [-0.15, -0.1) is 0 Å². The predicted molar refractivity (Wildman–Crippen MR) is 59.3 cm³/mol. The molecular weight excluding hydrogens is 192 g/mol. The molecule has 0 radical (unpaired) electrons. The Morgan fingerprint density at radius 2 is 2.20 bits per heavy atom. The van der Waals surface area contributed by atoms with Gasteiger partial charge in [-0.3, -0.25) is 0 Å². The third kappa shape index (κ3) is 2.33. The second-order valence-electron chi connectivity index (χ2n) is 3.62. The number of hydrogen-bond acceptors (Lipinski definition) is 4. The zero-order chi connectivity index (χ0) is 10.7. The van der Waals surface area contributed by atoms with E-state index >= 15 is 0 Å². The summed E-state index contributed by atoms with van der Waals surface area (Å²) in [6, 6.07) is 6.00. The molecule has 0 saturated carbocycles. The lowest BCUT2D eigenvalue weighted by Gasteiger charge is -2.11. The largest absolute Gasteiger partial charge is 0.454 e. The topological polar surface area (TPSA) is 56.5 Å². The molecule has 0 fully saturated rings. The van der Waals surface area contributed by atoms with Crippen LogP contribution in [0, 0.1) is 0 Å². The average molecular weight is 208 g/mol. The van der Waals surface area contributed by atoms with Gasteiger partial charge < -0.3 is 20.5 Å². The van der Waals surface area contributed by atoms with Crippen LogP contribution in [0.1, 0.15) is 13.3 Å². The van der Waals surface area contributed by atoms with Crippen LogP contribution < -0.4 is 20.5 Å². The first-order valence-corrected chi connectivity index (χ1v) is 5.18. The Morgan fingerprint density at radius 3 is 3.00 bits per heavy atom. The molecule has 0 aromatic heterocycles. The standard InChI is InChI=1S/C11H16N2O2/c1-2-8(12)6-13-9-3-4-10-11(5-9)15-7-14-10/h3-5,8,13H,2,6-7,12H2,1H3. The molecule has 2 rings (SSSR count). The number of benzene rings is 1. The minimum absolute atomic E-state index is 0.190. The molecule has 1 aromatic carbocycles. The van der Waals surface area contributed by atoms with Gasteiger partial charge in [0.15, 0.2) is 11.5 Å². The van der Waals surface area contributed by atoms with Crippen molar-refractivity contribution in [2.24, 2.45) is 5.73 Å². The number of nitrogens with two attached hydrogens (primary N) is 1. The molecule has 1 aliphatic heterocycles. The molecule has 4 heteroatoms. The fraction of sp³-hybridized carbons (Fsp3) is 0.455. The summed E-state index contributed by atoms with van der Waals surface area (Å²) < 4.78 is 10.5. The van der Waals surface area contributed by atoms with Crippen LogP contribution in [0.25, 0.3) is 0 Å². The quantitative estimate of drug-likeness (QED) is 0.788. The molecule has 1 heterocycles. The van der Waals surface area contributed by atoms with Crippen LogP contribution in [-0.4, -0.2) is 19.4 Å². The number of fused-ring (bicyclic) bond motifs is 1. The van der Waals surface area contributed by atoms with Gasteiger partial charge in [-0.1, -0.05) is 6.92 Å². The van der Waals surface area contributed by atoms with Gasteiger partial charge in [0.1, 0.15) is 0 Å². The van der Waals surface area contributed by atoms with Gasteiger partial charge in [0.2, 0.25) is 6.79 Å². The van der Waals surface area contributed by atoms with Gasteiger partial charge >= 0.3 is 0 Å². The van der Waals surface area contributed by atoms with E-state index in [-0.39, 0.29) is 6.04 Å². The Bertz CT molecular complexity index is 341. The predicted octanol–water partition coefficient (Wildman–Crippen LogP) is 1.56. The number of hydrogen-bond donors (Lipinski definition) is 2. The van der Waals surface area contributed by atoms with Crippen LogP contribution in [0.5, 0.6) is 11.5 Å². The summed E-state index contributed by atoms with van der Waals surface area (Å²) in [4.78, 5) is 0. The smallest absolute Gasteiger partial charge is 0.231 e. The molecule has 0 bridgehead atoms. The fourth-order valence-electron chi connectivity index (χ4n) is 1.40. The Balaban J connectivity index is 1.98. The Kier molecular flexibility index (Phi) is 2.97. The lowest BCUT2D eigenvalue weighted by atomic mass is 10.2. The highest BCUT2D eigenvalue weighted by molar-refractivity contribution is 5.55. The third-order valence-corrected chi connectivity index (χ3v) is 2.47.